The molecule has 0 radical (unpaired) electrons. The Hall–Kier alpha value is -1.65. The summed E-state index contributed by atoms with van der Waals surface area (Å²) < 4.78 is 11.4. The molecule has 0 aliphatic carbocycles. The van der Waals surface area contributed by atoms with Crippen molar-refractivity contribution >= 4 is 28.3 Å². The zero-order chi connectivity index (χ0) is 16.8. The summed E-state index contributed by atoms with van der Waals surface area (Å²) in [6.45, 7) is 0.552. The third-order valence-electron chi connectivity index (χ3n) is 3.64. The largest absolute Gasteiger partial charge is 0.341 e. The molecule has 2 rings (SSSR count). The zero-order valence-corrected chi connectivity index (χ0v) is 14.9. The van der Waals surface area contributed by atoms with Crippen LogP contribution in [0.15, 0.2) is 53.4 Å². The van der Waals surface area contributed by atoms with Gasteiger partial charge in [0.1, 0.15) is 0 Å². The van der Waals surface area contributed by atoms with Crippen LogP contribution in [0.5, 0.6) is 0 Å². The number of nitrogens with zero attached hydrogens (tertiary/aromatic N) is 1. The Bertz CT molecular complexity index is 683. The van der Waals surface area contributed by atoms with E-state index < -0.39 is 10.8 Å². The van der Waals surface area contributed by atoms with Crippen molar-refractivity contribution in [3.05, 3.63) is 64.7 Å². The highest BCUT2D eigenvalue weighted by molar-refractivity contribution is 7.84. The molecule has 3 nitrogen and oxygen atoms in total. The van der Waals surface area contributed by atoms with Gasteiger partial charge >= 0.3 is 0 Å². The predicted molar refractivity (Wildman–Crippen MR) is 95.0 cm³/mol. The highest BCUT2D eigenvalue weighted by Gasteiger charge is 2.10. The summed E-state index contributed by atoms with van der Waals surface area (Å²) in [5.74, 6) is 0.100. The zero-order valence-electron chi connectivity index (χ0n) is 13.3. The van der Waals surface area contributed by atoms with Gasteiger partial charge in [-0.1, -0.05) is 35.9 Å². The average molecular weight is 350 g/mol. The molecule has 1 amide bonds. The van der Waals surface area contributed by atoms with Gasteiger partial charge in [0, 0.05) is 47.0 Å². The Morgan fingerprint density at radius 1 is 1.04 bits per heavy atom. The molecule has 1 unspecified atom stereocenters. The number of carbonyl (C=O) groups is 1. The summed E-state index contributed by atoms with van der Waals surface area (Å²) >= 11 is 5.85. The maximum atomic E-state index is 12.2. The molecule has 0 N–H and O–H groups in total. The maximum absolute atomic E-state index is 12.2. The van der Waals surface area contributed by atoms with Gasteiger partial charge in [-0.3, -0.25) is 9.00 Å². The van der Waals surface area contributed by atoms with E-state index in [1.165, 1.54) is 0 Å². The summed E-state index contributed by atoms with van der Waals surface area (Å²) in [6, 6.07) is 15.1. The van der Waals surface area contributed by atoms with Gasteiger partial charge in [-0.25, -0.2) is 0 Å². The molecule has 0 aromatic heterocycles. The van der Waals surface area contributed by atoms with E-state index >= 15 is 0 Å². The van der Waals surface area contributed by atoms with Crippen LogP contribution in [-0.4, -0.2) is 28.3 Å². The van der Waals surface area contributed by atoms with Crippen molar-refractivity contribution in [3.63, 3.8) is 0 Å². The SMILES string of the molecule is CN(Cc1ccc(S(C)=O)cc1)C(=O)CCc1ccc(Cl)cc1. The normalized spacial score (nSPS) is 12.0. The molecule has 0 aliphatic heterocycles. The van der Waals surface area contributed by atoms with Crippen molar-refractivity contribution in [2.75, 3.05) is 13.3 Å². The molecule has 2 aromatic carbocycles. The fraction of sp³-hybridized carbons (Fsp3) is 0.278. The molecule has 5 heteroatoms. The number of carbonyl (C=O) groups excluding carboxylic acids is 1. The van der Waals surface area contributed by atoms with Crippen molar-refractivity contribution in [1.82, 2.24) is 4.90 Å². The minimum Gasteiger partial charge on any atom is -0.341 e. The fourth-order valence-electron chi connectivity index (χ4n) is 2.24. The molecule has 0 spiro atoms. The van der Waals surface area contributed by atoms with Crippen molar-refractivity contribution < 1.29 is 9.00 Å². The Kier molecular flexibility index (Phi) is 6.37. The Morgan fingerprint density at radius 2 is 1.61 bits per heavy atom. The highest BCUT2D eigenvalue weighted by Crippen LogP contribution is 2.13. The lowest BCUT2D eigenvalue weighted by Gasteiger charge is -2.17. The molecule has 0 heterocycles. The lowest BCUT2D eigenvalue weighted by Crippen LogP contribution is -2.26. The summed E-state index contributed by atoms with van der Waals surface area (Å²) in [5, 5.41) is 0.702. The number of amides is 1. The molecule has 1 atom stereocenters. The van der Waals surface area contributed by atoms with E-state index in [2.05, 4.69) is 0 Å². The van der Waals surface area contributed by atoms with Crippen molar-refractivity contribution in [2.45, 2.75) is 24.3 Å². The Labute approximate surface area is 144 Å². The van der Waals surface area contributed by atoms with E-state index in [0.717, 1.165) is 16.0 Å². The van der Waals surface area contributed by atoms with Gasteiger partial charge in [0.15, 0.2) is 0 Å². The van der Waals surface area contributed by atoms with Crippen molar-refractivity contribution in [3.8, 4) is 0 Å². The van der Waals surface area contributed by atoms with Crippen LogP contribution in [0.25, 0.3) is 0 Å². The number of rotatable bonds is 6. The van der Waals surface area contributed by atoms with Crippen LogP contribution in [0, 0.1) is 0 Å². The summed E-state index contributed by atoms with van der Waals surface area (Å²) in [7, 11) is 0.827. The number of benzene rings is 2. The molecule has 0 saturated carbocycles. The third kappa shape index (κ3) is 5.48. The second-order valence-corrected chi connectivity index (χ2v) is 7.29. The lowest BCUT2D eigenvalue weighted by atomic mass is 10.1. The molecule has 0 saturated heterocycles. The van der Waals surface area contributed by atoms with Crippen LogP contribution < -0.4 is 0 Å². The monoisotopic (exact) mass is 349 g/mol. The van der Waals surface area contributed by atoms with Gasteiger partial charge in [-0.05, 0) is 41.8 Å². The second-order valence-electron chi connectivity index (χ2n) is 5.47. The van der Waals surface area contributed by atoms with Crippen molar-refractivity contribution in [1.29, 1.82) is 0 Å². The second kappa shape index (κ2) is 8.27. The van der Waals surface area contributed by atoms with Gasteiger partial charge in [-0.2, -0.15) is 0 Å². The number of hydrogen-bond donors (Lipinski definition) is 0. The standard InChI is InChI=1S/C18H20ClNO2S/c1-20(13-15-5-10-17(11-6-15)23(2)22)18(21)12-7-14-3-8-16(19)9-4-14/h3-6,8-11H,7,12-13H2,1-2H3. The van der Waals surface area contributed by atoms with E-state index in [-0.39, 0.29) is 5.91 Å². The van der Waals surface area contributed by atoms with Crippen LogP contribution >= 0.6 is 11.6 Å². The van der Waals surface area contributed by atoms with Crippen LogP contribution in [-0.2, 0) is 28.6 Å². The smallest absolute Gasteiger partial charge is 0.222 e. The molecular weight excluding hydrogens is 330 g/mol. The van der Waals surface area contributed by atoms with Crippen LogP contribution in [0.3, 0.4) is 0 Å². The first kappa shape index (κ1) is 17.7. The maximum Gasteiger partial charge on any atom is 0.222 e. The van der Waals surface area contributed by atoms with E-state index in [1.54, 1.807) is 18.2 Å². The number of hydrogen-bond acceptors (Lipinski definition) is 2. The van der Waals surface area contributed by atoms with Crippen LogP contribution in [0.2, 0.25) is 5.02 Å². The third-order valence-corrected chi connectivity index (χ3v) is 4.83. The van der Waals surface area contributed by atoms with Gasteiger partial charge in [0.2, 0.25) is 5.91 Å². The topological polar surface area (TPSA) is 37.4 Å². The summed E-state index contributed by atoms with van der Waals surface area (Å²) in [5.41, 5.74) is 2.13. The molecule has 0 bridgehead atoms. The van der Waals surface area contributed by atoms with E-state index in [4.69, 9.17) is 11.6 Å². The molecule has 0 aliphatic rings. The van der Waals surface area contributed by atoms with Crippen LogP contribution in [0.4, 0.5) is 0 Å². The first-order valence-electron chi connectivity index (χ1n) is 7.36. The first-order valence-corrected chi connectivity index (χ1v) is 9.30. The Balaban J connectivity index is 1.86. The fourth-order valence-corrected chi connectivity index (χ4v) is 2.89. The number of aryl methyl sites for hydroxylation is 1. The van der Waals surface area contributed by atoms with Crippen molar-refractivity contribution in [2.24, 2.45) is 0 Å². The summed E-state index contributed by atoms with van der Waals surface area (Å²) in [4.78, 5) is 14.7. The quantitative estimate of drug-likeness (QED) is 0.798. The van der Waals surface area contributed by atoms with Gasteiger partial charge in [0.05, 0.1) is 0 Å². The van der Waals surface area contributed by atoms with Crippen LogP contribution in [0.1, 0.15) is 17.5 Å². The summed E-state index contributed by atoms with van der Waals surface area (Å²) in [6.07, 6.45) is 2.82. The molecule has 23 heavy (non-hydrogen) atoms. The van der Waals surface area contributed by atoms with E-state index in [1.807, 2.05) is 48.5 Å². The predicted octanol–water partition coefficient (Wildman–Crippen LogP) is 3.67. The van der Waals surface area contributed by atoms with Gasteiger partial charge < -0.3 is 4.90 Å². The molecule has 122 valence electrons. The molecular formula is C18H20ClNO2S. The number of halogens is 1. The van der Waals surface area contributed by atoms with E-state index in [9.17, 15) is 9.00 Å². The molecule has 0 fully saturated rings. The molecule has 2 aromatic rings. The van der Waals surface area contributed by atoms with Gasteiger partial charge in [0.25, 0.3) is 0 Å². The average Bonchev–Trinajstić information content (AvgIpc) is 2.54. The first-order chi connectivity index (χ1) is 11.0. The van der Waals surface area contributed by atoms with E-state index in [0.29, 0.717) is 24.4 Å². The van der Waals surface area contributed by atoms with Gasteiger partial charge in [-0.15, -0.1) is 0 Å². The lowest BCUT2D eigenvalue weighted by molar-refractivity contribution is -0.130. The minimum absolute atomic E-state index is 0.100. The highest BCUT2D eigenvalue weighted by atomic mass is 35.5. The Morgan fingerprint density at radius 3 is 2.17 bits per heavy atom. The minimum atomic E-state index is -0.975.